The van der Waals surface area contributed by atoms with Gasteiger partial charge in [-0.25, -0.2) is 0 Å². The fraction of sp³-hybridized carbons (Fsp3) is 0.136. The molecule has 0 saturated carbocycles. The standard InChI is InChI=1S/C22H21NO3/c1-16(24)22(23)15-17-7-9-19(10-8-17)26-21-13-11-20(12-14-21)25-18-5-3-2-4-6-18/h2-14,22H,15,23H2,1H3/t22-/m1/s1. The number of hydrogen-bond donors (Lipinski definition) is 1. The van der Waals surface area contributed by atoms with Crippen molar-refractivity contribution in [2.45, 2.75) is 19.4 Å². The van der Waals surface area contributed by atoms with Gasteiger partial charge in [-0.3, -0.25) is 4.79 Å². The molecule has 3 rings (SSSR count). The Morgan fingerprint density at radius 1 is 0.769 bits per heavy atom. The summed E-state index contributed by atoms with van der Waals surface area (Å²) in [6, 6.07) is 24.2. The van der Waals surface area contributed by atoms with Crippen LogP contribution in [0, 0.1) is 0 Å². The van der Waals surface area contributed by atoms with Crippen molar-refractivity contribution >= 4 is 5.78 Å². The second kappa shape index (κ2) is 8.32. The Kier molecular flexibility index (Phi) is 5.66. The maximum atomic E-state index is 11.2. The Hall–Kier alpha value is -3.11. The van der Waals surface area contributed by atoms with E-state index >= 15 is 0 Å². The van der Waals surface area contributed by atoms with Crippen molar-refractivity contribution in [1.82, 2.24) is 0 Å². The van der Waals surface area contributed by atoms with Crippen molar-refractivity contribution in [1.29, 1.82) is 0 Å². The van der Waals surface area contributed by atoms with E-state index < -0.39 is 6.04 Å². The molecule has 132 valence electrons. The summed E-state index contributed by atoms with van der Waals surface area (Å²) >= 11 is 0. The van der Waals surface area contributed by atoms with Crippen LogP contribution >= 0.6 is 0 Å². The minimum atomic E-state index is -0.459. The number of carbonyl (C=O) groups is 1. The van der Waals surface area contributed by atoms with E-state index in [1.807, 2.05) is 78.9 Å². The molecule has 26 heavy (non-hydrogen) atoms. The minimum Gasteiger partial charge on any atom is -0.457 e. The van der Waals surface area contributed by atoms with Crippen LogP contribution in [0.25, 0.3) is 0 Å². The van der Waals surface area contributed by atoms with Crippen molar-refractivity contribution in [2.75, 3.05) is 0 Å². The average molecular weight is 347 g/mol. The molecular formula is C22H21NO3. The number of hydrogen-bond acceptors (Lipinski definition) is 4. The highest BCUT2D eigenvalue weighted by atomic mass is 16.5. The van der Waals surface area contributed by atoms with Crippen LogP contribution in [-0.2, 0) is 11.2 Å². The van der Waals surface area contributed by atoms with Gasteiger partial charge < -0.3 is 15.2 Å². The van der Waals surface area contributed by atoms with Gasteiger partial charge >= 0.3 is 0 Å². The summed E-state index contributed by atoms with van der Waals surface area (Å²) in [6.07, 6.45) is 0.529. The summed E-state index contributed by atoms with van der Waals surface area (Å²) in [6.45, 7) is 1.51. The first kappa shape index (κ1) is 17.7. The maximum Gasteiger partial charge on any atom is 0.146 e. The number of ether oxygens (including phenoxy) is 2. The van der Waals surface area contributed by atoms with Crippen LogP contribution in [0.4, 0.5) is 0 Å². The predicted molar refractivity (Wildman–Crippen MR) is 102 cm³/mol. The number of benzene rings is 3. The molecule has 0 heterocycles. The molecule has 0 radical (unpaired) electrons. The van der Waals surface area contributed by atoms with Crippen LogP contribution in [0.5, 0.6) is 23.0 Å². The van der Waals surface area contributed by atoms with Gasteiger partial charge in [-0.1, -0.05) is 30.3 Å². The van der Waals surface area contributed by atoms with Crippen molar-refractivity contribution in [3.63, 3.8) is 0 Å². The van der Waals surface area contributed by atoms with Gasteiger partial charge in [-0.2, -0.15) is 0 Å². The van der Waals surface area contributed by atoms with Crippen LogP contribution < -0.4 is 15.2 Å². The average Bonchev–Trinajstić information content (AvgIpc) is 2.66. The number of para-hydroxylation sites is 1. The fourth-order valence-corrected chi connectivity index (χ4v) is 2.43. The summed E-state index contributed by atoms with van der Waals surface area (Å²) in [7, 11) is 0. The van der Waals surface area contributed by atoms with Crippen LogP contribution in [-0.4, -0.2) is 11.8 Å². The maximum absolute atomic E-state index is 11.2. The highest BCUT2D eigenvalue weighted by Gasteiger charge is 2.09. The third-order valence-electron chi connectivity index (χ3n) is 3.94. The molecule has 0 bridgehead atoms. The molecule has 1 atom stereocenters. The van der Waals surface area contributed by atoms with Crippen molar-refractivity contribution in [2.24, 2.45) is 5.73 Å². The highest BCUT2D eigenvalue weighted by Crippen LogP contribution is 2.26. The van der Waals surface area contributed by atoms with E-state index in [4.69, 9.17) is 15.2 Å². The van der Waals surface area contributed by atoms with E-state index in [1.54, 1.807) is 0 Å². The van der Waals surface area contributed by atoms with Crippen LogP contribution in [0.2, 0.25) is 0 Å². The van der Waals surface area contributed by atoms with Crippen molar-refractivity contribution in [3.8, 4) is 23.0 Å². The van der Waals surface area contributed by atoms with Gasteiger partial charge in [0.1, 0.15) is 28.8 Å². The number of carbonyl (C=O) groups excluding carboxylic acids is 1. The van der Waals surface area contributed by atoms with E-state index in [-0.39, 0.29) is 5.78 Å². The van der Waals surface area contributed by atoms with Gasteiger partial charge in [0, 0.05) is 0 Å². The quantitative estimate of drug-likeness (QED) is 0.671. The molecule has 0 unspecified atom stereocenters. The van der Waals surface area contributed by atoms with Gasteiger partial charge in [0.15, 0.2) is 0 Å². The Bertz CT molecular complexity index is 843. The lowest BCUT2D eigenvalue weighted by atomic mass is 10.0. The van der Waals surface area contributed by atoms with Crippen LogP contribution in [0.15, 0.2) is 78.9 Å². The fourth-order valence-electron chi connectivity index (χ4n) is 2.43. The summed E-state index contributed by atoms with van der Waals surface area (Å²) in [4.78, 5) is 11.2. The molecular weight excluding hydrogens is 326 g/mol. The van der Waals surface area contributed by atoms with Gasteiger partial charge in [0.05, 0.1) is 6.04 Å². The first-order valence-electron chi connectivity index (χ1n) is 8.46. The Morgan fingerprint density at radius 2 is 1.19 bits per heavy atom. The normalized spacial score (nSPS) is 11.6. The summed E-state index contributed by atoms with van der Waals surface area (Å²) in [5, 5.41) is 0. The van der Waals surface area contributed by atoms with Gasteiger partial charge in [-0.05, 0) is 67.4 Å². The van der Waals surface area contributed by atoms with Gasteiger partial charge in [-0.15, -0.1) is 0 Å². The lowest BCUT2D eigenvalue weighted by molar-refractivity contribution is -0.118. The number of nitrogens with two attached hydrogens (primary N) is 1. The van der Waals surface area contributed by atoms with Crippen LogP contribution in [0.1, 0.15) is 12.5 Å². The predicted octanol–water partition coefficient (Wildman–Crippen LogP) is 4.73. The van der Waals surface area contributed by atoms with E-state index in [9.17, 15) is 4.79 Å². The zero-order valence-corrected chi connectivity index (χ0v) is 14.6. The summed E-state index contributed by atoms with van der Waals surface area (Å²) < 4.78 is 11.6. The topological polar surface area (TPSA) is 61.6 Å². The highest BCUT2D eigenvalue weighted by molar-refractivity contribution is 5.81. The van der Waals surface area contributed by atoms with Crippen molar-refractivity contribution in [3.05, 3.63) is 84.4 Å². The van der Waals surface area contributed by atoms with E-state index in [1.165, 1.54) is 6.92 Å². The molecule has 2 N–H and O–H groups in total. The molecule has 0 aliphatic heterocycles. The van der Waals surface area contributed by atoms with E-state index in [0.29, 0.717) is 6.42 Å². The van der Waals surface area contributed by atoms with Crippen LogP contribution in [0.3, 0.4) is 0 Å². The Labute approximate surface area is 153 Å². The second-order valence-corrected chi connectivity index (χ2v) is 6.05. The summed E-state index contributed by atoms with van der Waals surface area (Å²) in [5.41, 5.74) is 6.79. The monoisotopic (exact) mass is 347 g/mol. The smallest absolute Gasteiger partial charge is 0.146 e. The molecule has 0 aromatic heterocycles. The van der Waals surface area contributed by atoms with Crippen molar-refractivity contribution < 1.29 is 14.3 Å². The molecule has 3 aromatic rings. The molecule has 4 heteroatoms. The molecule has 0 spiro atoms. The Balaban J connectivity index is 1.59. The lowest BCUT2D eigenvalue weighted by Gasteiger charge is -2.10. The largest absolute Gasteiger partial charge is 0.457 e. The molecule has 0 aliphatic carbocycles. The SMILES string of the molecule is CC(=O)[C@H](N)Cc1ccc(Oc2ccc(Oc3ccccc3)cc2)cc1. The minimum absolute atomic E-state index is 0.0110. The third kappa shape index (κ3) is 4.94. The summed E-state index contributed by atoms with van der Waals surface area (Å²) in [5.74, 6) is 2.97. The lowest BCUT2D eigenvalue weighted by Crippen LogP contribution is -2.30. The zero-order chi connectivity index (χ0) is 18.4. The molecule has 0 fully saturated rings. The van der Waals surface area contributed by atoms with E-state index in [0.717, 1.165) is 28.6 Å². The Morgan fingerprint density at radius 3 is 1.65 bits per heavy atom. The second-order valence-electron chi connectivity index (χ2n) is 6.05. The zero-order valence-electron chi connectivity index (χ0n) is 14.6. The molecule has 0 aliphatic rings. The molecule has 4 nitrogen and oxygen atoms in total. The number of Topliss-reactive ketones (excluding diaryl/α,β-unsaturated/α-hetero) is 1. The number of rotatable bonds is 7. The molecule has 0 saturated heterocycles. The first-order chi connectivity index (χ1) is 12.6. The van der Waals surface area contributed by atoms with Gasteiger partial charge in [0.2, 0.25) is 0 Å². The molecule has 3 aromatic carbocycles. The molecule has 0 amide bonds. The van der Waals surface area contributed by atoms with Gasteiger partial charge in [0.25, 0.3) is 0 Å². The third-order valence-corrected chi connectivity index (χ3v) is 3.94. The number of ketones is 1. The van der Waals surface area contributed by atoms with E-state index in [2.05, 4.69) is 0 Å². The first-order valence-corrected chi connectivity index (χ1v) is 8.46.